The monoisotopic (exact) mass is 365 g/mol. The summed E-state index contributed by atoms with van der Waals surface area (Å²) in [6, 6.07) is 21.0. The molecule has 0 unspecified atom stereocenters. The average Bonchev–Trinajstić information content (AvgIpc) is 3.27. The van der Waals surface area contributed by atoms with E-state index in [4.69, 9.17) is 0 Å². The van der Waals surface area contributed by atoms with Gasteiger partial charge >= 0.3 is 0 Å². The fourth-order valence-electron chi connectivity index (χ4n) is 4.32. The minimum absolute atomic E-state index is 0.275. The minimum atomic E-state index is -0.275. The van der Waals surface area contributed by atoms with Crippen LogP contribution in [0.1, 0.15) is 23.6 Å². The molecule has 0 saturated carbocycles. The summed E-state index contributed by atoms with van der Waals surface area (Å²) in [5, 5.41) is 0. The molecule has 5 rings (SSSR count). The molecule has 1 aliphatic carbocycles. The van der Waals surface area contributed by atoms with Crippen LogP contribution in [0.2, 0.25) is 0 Å². The smallest absolute Gasteiger partial charge is 0.258 e. The lowest BCUT2D eigenvalue weighted by molar-refractivity contribution is -0.119. The van der Waals surface area contributed by atoms with Crippen molar-refractivity contribution in [3.05, 3.63) is 89.5 Å². The third-order valence-corrected chi connectivity index (χ3v) is 5.67. The highest BCUT2D eigenvalue weighted by atomic mass is 16.2. The van der Waals surface area contributed by atoms with Crippen molar-refractivity contribution in [2.45, 2.75) is 19.8 Å². The molecule has 0 spiro atoms. The molecule has 0 bridgehead atoms. The molecular weight excluding hydrogens is 346 g/mol. The van der Waals surface area contributed by atoms with Crippen molar-refractivity contribution < 1.29 is 9.59 Å². The van der Waals surface area contributed by atoms with Crippen molar-refractivity contribution >= 4 is 17.5 Å². The van der Waals surface area contributed by atoms with E-state index in [1.165, 1.54) is 44.9 Å². The van der Waals surface area contributed by atoms with Gasteiger partial charge in [0, 0.05) is 12.2 Å². The zero-order valence-corrected chi connectivity index (χ0v) is 15.6. The maximum absolute atomic E-state index is 12.1. The first kappa shape index (κ1) is 16.7. The van der Waals surface area contributed by atoms with Crippen LogP contribution in [0.15, 0.2) is 72.8 Å². The Morgan fingerprint density at radius 2 is 1.54 bits per heavy atom. The molecule has 3 heteroatoms. The van der Waals surface area contributed by atoms with Gasteiger partial charge in [0.15, 0.2) is 0 Å². The van der Waals surface area contributed by atoms with Crippen LogP contribution in [0.3, 0.4) is 0 Å². The maximum atomic E-state index is 12.1. The number of benzene rings is 3. The van der Waals surface area contributed by atoms with Gasteiger partial charge in [0.1, 0.15) is 0 Å². The lowest BCUT2D eigenvalue weighted by Crippen LogP contribution is -2.30. The molecule has 28 heavy (non-hydrogen) atoms. The quantitative estimate of drug-likeness (QED) is 0.484. The summed E-state index contributed by atoms with van der Waals surface area (Å²) in [6.45, 7) is 2.05. The Hall–Kier alpha value is -3.46. The Bertz CT molecular complexity index is 1150. The topological polar surface area (TPSA) is 37.4 Å². The highest BCUT2D eigenvalue weighted by Gasteiger charge is 2.27. The fourth-order valence-corrected chi connectivity index (χ4v) is 4.32. The number of carbonyl (C=O) groups excluding carboxylic acids is 2. The number of imide groups is 1. The SMILES string of the molecule is CCc1cc(-c2cccc3c2Cc2ccccc2-3)ccc1N1C(=O)C=CC1=O. The van der Waals surface area contributed by atoms with Crippen LogP contribution in [0, 0.1) is 0 Å². The van der Waals surface area contributed by atoms with E-state index in [-0.39, 0.29) is 11.8 Å². The highest BCUT2D eigenvalue weighted by molar-refractivity contribution is 6.28. The lowest BCUT2D eigenvalue weighted by Gasteiger charge is -2.19. The molecular formula is C25H19NO2. The number of aryl methyl sites for hydroxylation is 1. The number of nitrogens with zero attached hydrogens (tertiary/aromatic N) is 1. The Labute approximate surface area is 163 Å². The van der Waals surface area contributed by atoms with Crippen LogP contribution in [-0.2, 0) is 22.4 Å². The van der Waals surface area contributed by atoms with Gasteiger partial charge in [-0.25, -0.2) is 4.90 Å². The van der Waals surface area contributed by atoms with Crippen LogP contribution in [-0.4, -0.2) is 11.8 Å². The molecule has 0 radical (unpaired) electrons. The van der Waals surface area contributed by atoms with E-state index in [0.29, 0.717) is 5.69 Å². The van der Waals surface area contributed by atoms with Gasteiger partial charge in [0.2, 0.25) is 0 Å². The molecule has 3 nitrogen and oxygen atoms in total. The summed E-state index contributed by atoms with van der Waals surface area (Å²) < 4.78 is 0. The van der Waals surface area contributed by atoms with Crippen LogP contribution in [0.25, 0.3) is 22.3 Å². The lowest BCUT2D eigenvalue weighted by atomic mass is 9.93. The van der Waals surface area contributed by atoms with Crippen molar-refractivity contribution in [2.75, 3.05) is 4.90 Å². The Kier molecular flexibility index (Phi) is 3.76. The second-order valence-corrected chi connectivity index (χ2v) is 7.21. The van der Waals surface area contributed by atoms with E-state index in [0.717, 1.165) is 24.0 Å². The summed E-state index contributed by atoms with van der Waals surface area (Å²) in [6.07, 6.45) is 4.33. The highest BCUT2D eigenvalue weighted by Crippen LogP contribution is 2.42. The first-order valence-corrected chi connectivity index (χ1v) is 9.57. The van der Waals surface area contributed by atoms with Gasteiger partial charge in [-0.3, -0.25) is 9.59 Å². The van der Waals surface area contributed by atoms with E-state index >= 15 is 0 Å². The Balaban J connectivity index is 1.61. The number of hydrogen-bond donors (Lipinski definition) is 0. The van der Waals surface area contributed by atoms with Gasteiger partial charge in [-0.05, 0) is 63.9 Å². The molecule has 0 N–H and O–H groups in total. The first-order chi connectivity index (χ1) is 13.7. The molecule has 1 aliphatic heterocycles. The molecule has 0 atom stereocenters. The number of rotatable bonds is 3. The van der Waals surface area contributed by atoms with Gasteiger partial charge < -0.3 is 0 Å². The average molecular weight is 365 g/mol. The van der Waals surface area contributed by atoms with E-state index in [2.05, 4.69) is 48.5 Å². The molecule has 2 aliphatic rings. The van der Waals surface area contributed by atoms with Gasteiger partial charge in [0.25, 0.3) is 11.8 Å². The summed E-state index contributed by atoms with van der Waals surface area (Å²) in [7, 11) is 0. The molecule has 136 valence electrons. The zero-order valence-electron chi connectivity index (χ0n) is 15.6. The van der Waals surface area contributed by atoms with Gasteiger partial charge in [0.05, 0.1) is 5.69 Å². The first-order valence-electron chi connectivity index (χ1n) is 9.57. The number of fused-ring (bicyclic) bond motifs is 3. The van der Waals surface area contributed by atoms with Crippen molar-refractivity contribution in [3.8, 4) is 22.3 Å². The van der Waals surface area contributed by atoms with E-state index < -0.39 is 0 Å². The van der Waals surface area contributed by atoms with Gasteiger partial charge in [-0.15, -0.1) is 0 Å². The van der Waals surface area contributed by atoms with Crippen LogP contribution in [0.5, 0.6) is 0 Å². The van der Waals surface area contributed by atoms with Crippen LogP contribution < -0.4 is 4.90 Å². The van der Waals surface area contributed by atoms with Crippen molar-refractivity contribution in [2.24, 2.45) is 0 Å². The molecule has 0 saturated heterocycles. The van der Waals surface area contributed by atoms with Crippen molar-refractivity contribution in [3.63, 3.8) is 0 Å². The number of amides is 2. The number of anilines is 1. The summed E-state index contributed by atoms with van der Waals surface area (Å²) >= 11 is 0. The largest absolute Gasteiger partial charge is 0.269 e. The van der Waals surface area contributed by atoms with Crippen molar-refractivity contribution in [1.29, 1.82) is 0 Å². The maximum Gasteiger partial charge on any atom is 0.258 e. The van der Waals surface area contributed by atoms with Crippen molar-refractivity contribution in [1.82, 2.24) is 0 Å². The summed E-state index contributed by atoms with van der Waals surface area (Å²) in [4.78, 5) is 25.5. The standard InChI is InChI=1S/C25H19NO2/c1-2-16-14-18(10-11-23(16)26-24(27)12-13-25(26)28)20-8-5-9-21-19-7-4-3-6-17(19)15-22(20)21/h3-14H,2,15H2,1H3. The third kappa shape index (κ3) is 2.43. The van der Waals surface area contributed by atoms with Gasteiger partial charge in [-0.1, -0.05) is 55.5 Å². The second-order valence-electron chi connectivity index (χ2n) is 7.21. The summed E-state index contributed by atoms with van der Waals surface area (Å²) in [5.41, 5.74) is 9.32. The molecule has 2 amide bonds. The Morgan fingerprint density at radius 1 is 0.821 bits per heavy atom. The van der Waals surface area contributed by atoms with Gasteiger partial charge in [-0.2, -0.15) is 0 Å². The fraction of sp³-hybridized carbons (Fsp3) is 0.120. The van der Waals surface area contributed by atoms with E-state index in [1.54, 1.807) is 0 Å². The number of carbonyl (C=O) groups is 2. The molecule has 0 fully saturated rings. The van der Waals surface area contributed by atoms with E-state index in [9.17, 15) is 9.59 Å². The minimum Gasteiger partial charge on any atom is -0.269 e. The second kappa shape index (κ2) is 6.31. The van der Waals surface area contributed by atoms with E-state index in [1.807, 2.05) is 19.1 Å². The molecule has 3 aromatic rings. The van der Waals surface area contributed by atoms with Crippen LogP contribution in [0.4, 0.5) is 5.69 Å². The normalized spacial score (nSPS) is 14.5. The number of hydrogen-bond acceptors (Lipinski definition) is 2. The third-order valence-electron chi connectivity index (χ3n) is 5.67. The summed E-state index contributed by atoms with van der Waals surface area (Å²) in [5.74, 6) is -0.549. The molecule has 3 aromatic carbocycles. The van der Waals surface area contributed by atoms with Crippen LogP contribution >= 0.6 is 0 Å². The zero-order chi connectivity index (χ0) is 19.3. The predicted octanol–water partition coefficient (Wildman–Crippen LogP) is 4.92. The predicted molar refractivity (Wildman–Crippen MR) is 111 cm³/mol. The molecule has 1 heterocycles. The molecule has 0 aromatic heterocycles. The Morgan fingerprint density at radius 3 is 2.32 bits per heavy atom.